The van der Waals surface area contributed by atoms with Crippen molar-refractivity contribution in [2.45, 2.75) is 19.4 Å². The lowest BCUT2D eigenvalue weighted by molar-refractivity contribution is 0.0390. The van der Waals surface area contributed by atoms with Crippen LogP contribution in [0.25, 0.3) is 0 Å². The molecule has 0 atom stereocenters. The average molecular weight is 331 g/mol. The van der Waals surface area contributed by atoms with Gasteiger partial charge in [-0.25, -0.2) is 0 Å². The molecule has 2 heterocycles. The fourth-order valence-corrected chi connectivity index (χ4v) is 3.77. The van der Waals surface area contributed by atoms with Gasteiger partial charge >= 0.3 is 0 Å². The maximum atomic E-state index is 12.2. The molecule has 1 aliphatic heterocycles. The summed E-state index contributed by atoms with van der Waals surface area (Å²) in [6, 6.07) is 1.94. The number of halogens is 1. The molecule has 1 aromatic rings. The molecule has 5 heteroatoms. The lowest BCUT2D eigenvalue weighted by atomic mass is 9.99. The number of carbonyl (C=O) groups excluding carboxylic acids is 1. The molecule has 0 bridgehead atoms. The van der Waals surface area contributed by atoms with Crippen LogP contribution in [0.2, 0.25) is 0 Å². The van der Waals surface area contributed by atoms with Crippen molar-refractivity contribution < 1.29 is 4.79 Å². The number of rotatable bonds is 3. The summed E-state index contributed by atoms with van der Waals surface area (Å²) in [5.41, 5.74) is 0.144. The van der Waals surface area contributed by atoms with Crippen molar-refractivity contribution >= 4 is 33.0 Å². The summed E-state index contributed by atoms with van der Waals surface area (Å²) in [6.45, 7) is 7.91. The first-order valence-electron chi connectivity index (χ1n) is 6.10. The van der Waals surface area contributed by atoms with Gasteiger partial charge in [0.25, 0.3) is 0 Å². The smallest absolute Gasteiger partial charge is 0.187 e. The van der Waals surface area contributed by atoms with Gasteiger partial charge in [-0.15, -0.1) is 11.3 Å². The van der Waals surface area contributed by atoms with Crippen molar-refractivity contribution in [3.8, 4) is 0 Å². The first kappa shape index (κ1) is 14.2. The van der Waals surface area contributed by atoms with Crippen molar-refractivity contribution in [1.29, 1.82) is 0 Å². The molecule has 0 amide bonds. The molecule has 0 aromatic carbocycles. The van der Waals surface area contributed by atoms with E-state index in [0.717, 1.165) is 29.0 Å². The van der Waals surface area contributed by atoms with Crippen molar-refractivity contribution in [2.75, 3.05) is 33.2 Å². The Morgan fingerprint density at radius 1 is 1.50 bits per heavy atom. The Labute approximate surface area is 121 Å². The number of likely N-dealkylation sites (N-methyl/N-ethyl adjacent to an activating group) is 1. The number of ketones is 1. The second kappa shape index (κ2) is 5.41. The van der Waals surface area contributed by atoms with E-state index in [4.69, 9.17) is 0 Å². The topological polar surface area (TPSA) is 23.6 Å². The second-order valence-corrected chi connectivity index (χ2v) is 7.24. The molecular weight excluding hydrogens is 312 g/mol. The third-order valence-corrected chi connectivity index (χ3v) is 5.51. The maximum Gasteiger partial charge on any atom is 0.187 e. The highest BCUT2D eigenvalue weighted by Gasteiger charge is 2.32. The summed E-state index contributed by atoms with van der Waals surface area (Å²) in [6.07, 6.45) is 0. The van der Waals surface area contributed by atoms with E-state index in [2.05, 4.69) is 46.6 Å². The Balaban J connectivity index is 1.99. The summed E-state index contributed by atoms with van der Waals surface area (Å²) >= 11 is 4.94. The van der Waals surface area contributed by atoms with Crippen LogP contribution in [0, 0.1) is 0 Å². The standard InChI is InChI=1S/C13H19BrN2OS/c1-13(2)9-16(6-5-15(13)3)8-11(17)12-10(14)4-7-18-12/h4,7H,5-6,8-9H2,1-3H3. The van der Waals surface area contributed by atoms with Crippen LogP contribution >= 0.6 is 27.3 Å². The minimum Gasteiger partial charge on any atom is -0.299 e. The molecule has 3 nitrogen and oxygen atoms in total. The summed E-state index contributed by atoms with van der Waals surface area (Å²) in [7, 11) is 2.15. The summed E-state index contributed by atoms with van der Waals surface area (Å²) in [4.78, 5) is 17.7. The maximum absolute atomic E-state index is 12.2. The van der Waals surface area contributed by atoms with Crippen LogP contribution in [0.5, 0.6) is 0 Å². The molecule has 0 N–H and O–H groups in total. The number of carbonyl (C=O) groups is 1. The van der Waals surface area contributed by atoms with Crippen LogP contribution in [0.4, 0.5) is 0 Å². The monoisotopic (exact) mass is 330 g/mol. The van der Waals surface area contributed by atoms with Gasteiger partial charge in [-0.05, 0) is 48.3 Å². The zero-order valence-electron chi connectivity index (χ0n) is 11.1. The zero-order valence-corrected chi connectivity index (χ0v) is 13.5. The minimum absolute atomic E-state index is 0.144. The van der Waals surface area contributed by atoms with Crippen molar-refractivity contribution in [2.24, 2.45) is 0 Å². The van der Waals surface area contributed by atoms with Crippen LogP contribution in [-0.4, -0.2) is 54.3 Å². The molecular formula is C13H19BrN2OS. The Morgan fingerprint density at radius 2 is 2.22 bits per heavy atom. The van der Waals surface area contributed by atoms with Gasteiger partial charge in [0.2, 0.25) is 0 Å². The molecule has 0 unspecified atom stereocenters. The Bertz CT molecular complexity index is 444. The molecule has 0 spiro atoms. The van der Waals surface area contributed by atoms with Gasteiger partial charge in [0.15, 0.2) is 5.78 Å². The first-order valence-corrected chi connectivity index (χ1v) is 7.77. The molecule has 0 radical (unpaired) electrons. The van der Waals surface area contributed by atoms with E-state index >= 15 is 0 Å². The lowest BCUT2D eigenvalue weighted by Gasteiger charge is -2.45. The van der Waals surface area contributed by atoms with Gasteiger partial charge in [0, 0.05) is 29.6 Å². The van der Waals surface area contributed by atoms with Gasteiger partial charge in [-0.2, -0.15) is 0 Å². The average Bonchev–Trinajstić information content (AvgIpc) is 2.69. The number of thiophene rings is 1. The normalized spacial score (nSPS) is 21.1. The lowest BCUT2D eigenvalue weighted by Crippen LogP contribution is -2.58. The summed E-state index contributed by atoms with van der Waals surface area (Å²) in [5.74, 6) is 0.220. The fourth-order valence-electron chi connectivity index (χ4n) is 2.24. The number of piperazine rings is 1. The molecule has 0 saturated carbocycles. The van der Waals surface area contributed by atoms with Gasteiger partial charge in [-0.3, -0.25) is 14.6 Å². The van der Waals surface area contributed by atoms with Gasteiger partial charge in [0.05, 0.1) is 11.4 Å². The van der Waals surface area contributed by atoms with Gasteiger partial charge in [0.1, 0.15) is 0 Å². The molecule has 100 valence electrons. The van der Waals surface area contributed by atoms with E-state index in [0.29, 0.717) is 6.54 Å². The van der Waals surface area contributed by atoms with Crippen LogP contribution < -0.4 is 0 Å². The number of nitrogens with zero attached hydrogens (tertiary/aromatic N) is 2. The number of Topliss-reactive ketones (excluding diaryl/α,β-unsaturated/α-hetero) is 1. The van der Waals surface area contributed by atoms with Crippen LogP contribution in [0.1, 0.15) is 23.5 Å². The van der Waals surface area contributed by atoms with E-state index in [1.54, 1.807) is 0 Å². The summed E-state index contributed by atoms with van der Waals surface area (Å²) < 4.78 is 0.922. The Kier molecular flexibility index (Phi) is 4.26. The highest BCUT2D eigenvalue weighted by Crippen LogP contribution is 2.24. The highest BCUT2D eigenvalue weighted by molar-refractivity contribution is 9.10. The fraction of sp³-hybridized carbons (Fsp3) is 0.615. The number of hydrogen-bond acceptors (Lipinski definition) is 4. The van der Waals surface area contributed by atoms with E-state index in [9.17, 15) is 4.79 Å². The molecule has 1 aromatic heterocycles. The van der Waals surface area contributed by atoms with Gasteiger partial charge in [-0.1, -0.05) is 0 Å². The van der Waals surface area contributed by atoms with E-state index in [1.165, 1.54) is 11.3 Å². The zero-order chi connectivity index (χ0) is 13.3. The Hall–Kier alpha value is -0.230. The third-order valence-electron chi connectivity index (χ3n) is 3.63. The van der Waals surface area contributed by atoms with Crippen molar-refractivity contribution in [1.82, 2.24) is 9.80 Å². The predicted octanol–water partition coefficient (Wildman–Crippen LogP) is 2.72. The van der Waals surface area contributed by atoms with Crippen LogP contribution in [-0.2, 0) is 0 Å². The molecule has 1 aliphatic rings. The van der Waals surface area contributed by atoms with E-state index < -0.39 is 0 Å². The van der Waals surface area contributed by atoms with E-state index in [1.807, 2.05) is 11.4 Å². The molecule has 1 fully saturated rings. The Morgan fingerprint density at radius 3 is 2.78 bits per heavy atom. The largest absolute Gasteiger partial charge is 0.299 e. The van der Waals surface area contributed by atoms with E-state index in [-0.39, 0.29) is 11.3 Å². The molecule has 2 rings (SSSR count). The highest BCUT2D eigenvalue weighted by atomic mass is 79.9. The third kappa shape index (κ3) is 3.02. The SMILES string of the molecule is CN1CCN(CC(=O)c2sccc2Br)CC1(C)C. The molecule has 0 aliphatic carbocycles. The van der Waals surface area contributed by atoms with Gasteiger partial charge < -0.3 is 0 Å². The van der Waals surface area contributed by atoms with Crippen molar-refractivity contribution in [3.63, 3.8) is 0 Å². The quantitative estimate of drug-likeness (QED) is 0.796. The predicted molar refractivity (Wildman–Crippen MR) is 79.5 cm³/mol. The van der Waals surface area contributed by atoms with Crippen molar-refractivity contribution in [3.05, 3.63) is 20.8 Å². The minimum atomic E-state index is 0.144. The summed E-state index contributed by atoms with van der Waals surface area (Å²) in [5, 5.41) is 1.95. The first-order chi connectivity index (χ1) is 8.40. The molecule has 1 saturated heterocycles. The second-order valence-electron chi connectivity index (χ2n) is 5.47. The van der Waals surface area contributed by atoms with Crippen LogP contribution in [0.3, 0.4) is 0 Å². The number of hydrogen-bond donors (Lipinski definition) is 0. The molecule has 18 heavy (non-hydrogen) atoms. The van der Waals surface area contributed by atoms with Crippen LogP contribution in [0.15, 0.2) is 15.9 Å².